The SMILES string of the molecule is O=C(Nc1nnc(C=Cc2ccccc2)s1)c1ccccc1Cl. The number of carbonyl (C=O) groups excluding carboxylic acids is 1. The summed E-state index contributed by atoms with van der Waals surface area (Å²) in [5.74, 6) is -0.301. The van der Waals surface area contributed by atoms with Crippen LogP contribution in [0.25, 0.3) is 12.2 Å². The van der Waals surface area contributed by atoms with Gasteiger partial charge in [-0.2, -0.15) is 0 Å². The van der Waals surface area contributed by atoms with E-state index in [9.17, 15) is 4.79 Å². The van der Waals surface area contributed by atoms with Crippen LogP contribution in [0.15, 0.2) is 54.6 Å². The normalized spacial score (nSPS) is 10.8. The van der Waals surface area contributed by atoms with Crippen LogP contribution < -0.4 is 5.32 Å². The molecule has 0 aliphatic heterocycles. The van der Waals surface area contributed by atoms with Crippen molar-refractivity contribution in [1.29, 1.82) is 0 Å². The van der Waals surface area contributed by atoms with Gasteiger partial charge in [-0.05, 0) is 23.8 Å². The molecule has 3 aromatic rings. The highest BCUT2D eigenvalue weighted by Gasteiger charge is 2.12. The Bertz CT molecular complexity index is 846. The predicted molar refractivity (Wildman–Crippen MR) is 94.7 cm³/mol. The summed E-state index contributed by atoms with van der Waals surface area (Å²) in [7, 11) is 0. The third-order valence-corrected chi connectivity index (χ3v) is 4.13. The van der Waals surface area contributed by atoms with Crippen molar-refractivity contribution in [2.24, 2.45) is 0 Å². The molecule has 0 spiro atoms. The monoisotopic (exact) mass is 341 g/mol. The number of rotatable bonds is 4. The quantitative estimate of drug-likeness (QED) is 0.753. The molecule has 0 atom stereocenters. The Kier molecular flexibility index (Phi) is 4.80. The van der Waals surface area contributed by atoms with Gasteiger partial charge in [-0.1, -0.05) is 71.5 Å². The van der Waals surface area contributed by atoms with Gasteiger partial charge in [0.25, 0.3) is 5.91 Å². The van der Waals surface area contributed by atoms with E-state index in [2.05, 4.69) is 15.5 Å². The number of nitrogens with zero attached hydrogens (tertiary/aromatic N) is 2. The molecule has 0 fully saturated rings. The van der Waals surface area contributed by atoms with E-state index in [-0.39, 0.29) is 5.91 Å². The van der Waals surface area contributed by atoms with E-state index in [0.717, 1.165) is 5.56 Å². The lowest BCUT2D eigenvalue weighted by Gasteiger charge is -2.02. The maximum atomic E-state index is 12.1. The molecule has 3 rings (SSSR count). The molecule has 0 unspecified atom stereocenters. The molecule has 0 aliphatic rings. The first-order valence-electron chi connectivity index (χ1n) is 6.85. The highest BCUT2D eigenvalue weighted by Crippen LogP contribution is 2.20. The first-order chi connectivity index (χ1) is 11.2. The van der Waals surface area contributed by atoms with Crippen molar-refractivity contribution >= 4 is 46.1 Å². The molecule has 0 aliphatic carbocycles. The number of benzene rings is 2. The summed E-state index contributed by atoms with van der Waals surface area (Å²) in [5, 5.41) is 12.3. The molecule has 2 aromatic carbocycles. The number of carbonyl (C=O) groups is 1. The molecule has 1 N–H and O–H groups in total. The van der Waals surface area contributed by atoms with Crippen molar-refractivity contribution in [2.45, 2.75) is 0 Å². The van der Waals surface area contributed by atoms with Crippen molar-refractivity contribution in [3.63, 3.8) is 0 Å². The van der Waals surface area contributed by atoms with Crippen molar-refractivity contribution in [3.8, 4) is 0 Å². The number of halogens is 1. The Hall–Kier alpha value is -2.50. The van der Waals surface area contributed by atoms with Crippen molar-refractivity contribution in [1.82, 2.24) is 10.2 Å². The molecule has 23 heavy (non-hydrogen) atoms. The van der Waals surface area contributed by atoms with E-state index in [0.29, 0.717) is 20.7 Å². The van der Waals surface area contributed by atoms with Crippen LogP contribution in [0.2, 0.25) is 5.02 Å². The van der Waals surface area contributed by atoms with Gasteiger partial charge >= 0.3 is 0 Å². The molecule has 0 saturated carbocycles. The number of nitrogens with one attached hydrogen (secondary N) is 1. The fourth-order valence-corrected chi connectivity index (χ4v) is 2.76. The first kappa shape index (κ1) is 15.4. The van der Waals surface area contributed by atoms with E-state index in [1.165, 1.54) is 11.3 Å². The molecule has 0 saturated heterocycles. The van der Waals surface area contributed by atoms with Crippen LogP contribution >= 0.6 is 22.9 Å². The Labute approximate surface area is 142 Å². The van der Waals surface area contributed by atoms with Crippen LogP contribution in [0.5, 0.6) is 0 Å². The van der Waals surface area contributed by atoms with Gasteiger partial charge in [0.15, 0.2) is 0 Å². The molecular formula is C17H12ClN3OS. The molecule has 6 heteroatoms. The fourth-order valence-electron chi connectivity index (χ4n) is 1.89. The van der Waals surface area contributed by atoms with Crippen molar-refractivity contribution < 1.29 is 4.79 Å². The van der Waals surface area contributed by atoms with E-state index >= 15 is 0 Å². The van der Waals surface area contributed by atoms with Gasteiger partial charge in [-0.15, -0.1) is 10.2 Å². The molecule has 1 aromatic heterocycles. The topological polar surface area (TPSA) is 54.9 Å². The van der Waals surface area contributed by atoms with Gasteiger partial charge < -0.3 is 0 Å². The molecular weight excluding hydrogens is 330 g/mol. The maximum absolute atomic E-state index is 12.1. The third kappa shape index (κ3) is 4.03. The number of hydrogen-bond donors (Lipinski definition) is 1. The first-order valence-corrected chi connectivity index (χ1v) is 8.04. The minimum atomic E-state index is -0.301. The Morgan fingerprint density at radius 2 is 1.74 bits per heavy atom. The summed E-state index contributed by atoms with van der Waals surface area (Å²) in [6.45, 7) is 0. The molecule has 114 valence electrons. The van der Waals surface area contributed by atoms with Gasteiger partial charge in [0.1, 0.15) is 5.01 Å². The molecule has 1 amide bonds. The Morgan fingerprint density at radius 1 is 1.00 bits per heavy atom. The zero-order chi connectivity index (χ0) is 16.1. The highest BCUT2D eigenvalue weighted by atomic mass is 35.5. The van der Waals surface area contributed by atoms with E-state index < -0.39 is 0 Å². The lowest BCUT2D eigenvalue weighted by atomic mass is 10.2. The largest absolute Gasteiger partial charge is 0.296 e. The van der Waals surface area contributed by atoms with Gasteiger partial charge in [0.05, 0.1) is 10.6 Å². The summed E-state index contributed by atoms with van der Waals surface area (Å²) >= 11 is 7.30. The second-order valence-electron chi connectivity index (χ2n) is 4.62. The standard InChI is InChI=1S/C17H12ClN3OS/c18-14-9-5-4-8-13(14)16(22)19-17-21-20-15(23-17)11-10-12-6-2-1-3-7-12/h1-11H,(H,19,21,22). The van der Waals surface area contributed by atoms with Crippen LogP contribution in [-0.2, 0) is 0 Å². The van der Waals surface area contributed by atoms with Gasteiger partial charge in [-0.25, -0.2) is 0 Å². The average molecular weight is 342 g/mol. The minimum Gasteiger partial charge on any atom is -0.296 e. The molecule has 0 radical (unpaired) electrons. The van der Waals surface area contributed by atoms with E-state index in [1.807, 2.05) is 42.5 Å². The van der Waals surface area contributed by atoms with Crippen molar-refractivity contribution in [2.75, 3.05) is 5.32 Å². The van der Waals surface area contributed by atoms with E-state index in [1.54, 1.807) is 24.3 Å². The number of aromatic nitrogens is 2. The van der Waals surface area contributed by atoms with Crippen LogP contribution in [0, 0.1) is 0 Å². The van der Waals surface area contributed by atoms with Crippen LogP contribution in [0.3, 0.4) is 0 Å². The number of hydrogen-bond acceptors (Lipinski definition) is 4. The summed E-state index contributed by atoms with van der Waals surface area (Å²) in [6, 6.07) is 16.8. The summed E-state index contributed by atoms with van der Waals surface area (Å²) in [6.07, 6.45) is 3.80. The summed E-state index contributed by atoms with van der Waals surface area (Å²) in [5.41, 5.74) is 1.48. The molecule has 1 heterocycles. The average Bonchev–Trinajstić information content (AvgIpc) is 3.02. The summed E-state index contributed by atoms with van der Waals surface area (Å²) in [4.78, 5) is 12.1. The number of anilines is 1. The van der Waals surface area contributed by atoms with Crippen LogP contribution in [-0.4, -0.2) is 16.1 Å². The predicted octanol–water partition coefficient (Wildman–Crippen LogP) is 4.61. The second kappa shape index (κ2) is 7.17. The zero-order valence-electron chi connectivity index (χ0n) is 11.9. The van der Waals surface area contributed by atoms with Crippen molar-refractivity contribution in [3.05, 3.63) is 75.8 Å². The van der Waals surface area contributed by atoms with Gasteiger partial charge in [0, 0.05) is 0 Å². The fraction of sp³-hybridized carbons (Fsp3) is 0. The maximum Gasteiger partial charge on any atom is 0.259 e. The number of amides is 1. The van der Waals surface area contributed by atoms with Crippen LogP contribution in [0.1, 0.15) is 20.9 Å². The zero-order valence-corrected chi connectivity index (χ0v) is 13.5. The van der Waals surface area contributed by atoms with Gasteiger partial charge in [0.2, 0.25) is 5.13 Å². The lowest BCUT2D eigenvalue weighted by Crippen LogP contribution is -2.12. The second-order valence-corrected chi connectivity index (χ2v) is 6.04. The molecule has 4 nitrogen and oxygen atoms in total. The smallest absolute Gasteiger partial charge is 0.259 e. The minimum absolute atomic E-state index is 0.301. The lowest BCUT2D eigenvalue weighted by molar-refractivity contribution is 0.102. The Balaban J connectivity index is 1.69. The van der Waals surface area contributed by atoms with E-state index in [4.69, 9.17) is 11.6 Å². The summed E-state index contributed by atoms with van der Waals surface area (Å²) < 4.78 is 0. The molecule has 0 bridgehead atoms. The highest BCUT2D eigenvalue weighted by molar-refractivity contribution is 7.16. The third-order valence-electron chi connectivity index (χ3n) is 3.00. The van der Waals surface area contributed by atoms with Gasteiger partial charge in [-0.3, -0.25) is 10.1 Å². The Morgan fingerprint density at radius 3 is 2.52 bits per heavy atom. The van der Waals surface area contributed by atoms with Crippen LogP contribution in [0.4, 0.5) is 5.13 Å².